The third-order valence-electron chi connectivity index (χ3n) is 5.45. The lowest BCUT2D eigenvalue weighted by atomic mass is 9.94. The molecule has 0 radical (unpaired) electrons. The molecule has 0 spiro atoms. The monoisotopic (exact) mass is 352 g/mol. The summed E-state index contributed by atoms with van der Waals surface area (Å²) in [5.74, 6) is 0.327. The Morgan fingerprint density at radius 2 is 1.54 bits per heavy atom. The first-order chi connectivity index (χ1) is 12.7. The van der Waals surface area contributed by atoms with Crippen molar-refractivity contribution >= 4 is 22.6 Å². The van der Waals surface area contributed by atoms with E-state index in [0.29, 0.717) is 39.4 Å². The molecule has 2 aromatic carbocycles. The molecule has 2 heterocycles. The first-order valence-electron chi connectivity index (χ1n) is 9.37. The number of carbonyl (C=O) groups is 2. The lowest BCUT2D eigenvalue weighted by molar-refractivity contribution is -0.141. The number of ether oxygens (including phenoxy) is 1. The van der Waals surface area contributed by atoms with Crippen molar-refractivity contribution in [2.75, 3.05) is 39.4 Å². The summed E-state index contributed by atoms with van der Waals surface area (Å²) in [6, 6.07) is 13.9. The van der Waals surface area contributed by atoms with Crippen molar-refractivity contribution in [2.24, 2.45) is 5.92 Å². The largest absolute Gasteiger partial charge is 0.378 e. The molecule has 2 aliphatic rings. The van der Waals surface area contributed by atoms with Gasteiger partial charge in [0.25, 0.3) is 5.91 Å². The minimum absolute atomic E-state index is 0.0359. The first-order valence-corrected chi connectivity index (χ1v) is 9.37. The predicted octanol–water partition coefficient (Wildman–Crippen LogP) is 2.55. The maximum absolute atomic E-state index is 12.8. The predicted molar refractivity (Wildman–Crippen MR) is 100.0 cm³/mol. The molecule has 0 bridgehead atoms. The Morgan fingerprint density at radius 1 is 0.846 bits per heavy atom. The van der Waals surface area contributed by atoms with Crippen LogP contribution in [-0.4, -0.2) is 61.0 Å². The van der Waals surface area contributed by atoms with E-state index in [0.717, 1.165) is 29.2 Å². The maximum atomic E-state index is 12.8. The SMILES string of the molecule is O=C(c1ccc2ccccc2c1)N1CCC(C(=O)N2CCOCC2)CC1. The number of likely N-dealkylation sites (tertiary alicyclic amines) is 1. The number of benzene rings is 2. The Morgan fingerprint density at radius 3 is 2.27 bits per heavy atom. The van der Waals surface area contributed by atoms with E-state index < -0.39 is 0 Å². The highest BCUT2D eigenvalue weighted by Crippen LogP contribution is 2.23. The van der Waals surface area contributed by atoms with Crippen molar-refractivity contribution in [3.63, 3.8) is 0 Å². The molecule has 0 N–H and O–H groups in total. The van der Waals surface area contributed by atoms with Crippen LogP contribution in [-0.2, 0) is 9.53 Å². The minimum atomic E-state index is 0.0359. The number of nitrogens with zero attached hydrogens (tertiary/aromatic N) is 2. The van der Waals surface area contributed by atoms with Gasteiger partial charge in [0.2, 0.25) is 5.91 Å². The summed E-state index contributed by atoms with van der Waals surface area (Å²) >= 11 is 0. The molecule has 0 atom stereocenters. The van der Waals surface area contributed by atoms with Gasteiger partial charge >= 0.3 is 0 Å². The molecule has 4 rings (SSSR count). The molecule has 2 fully saturated rings. The van der Waals surface area contributed by atoms with E-state index in [1.807, 2.05) is 52.3 Å². The number of rotatable bonds is 2. The zero-order valence-corrected chi connectivity index (χ0v) is 14.9. The van der Waals surface area contributed by atoms with Crippen LogP contribution in [0.1, 0.15) is 23.2 Å². The number of carbonyl (C=O) groups excluding carboxylic acids is 2. The third-order valence-corrected chi connectivity index (χ3v) is 5.45. The van der Waals surface area contributed by atoms with Gasteiger partial charge < -0.3 is 14.5 Å². The fraction of sp³-hybridized carbons (Fsp3) is 0.429. The fourth-order valence-corrected chi connectivity index (χ4v) is 3.88. The molecule has 2 amide bonds. The van der Waals surface area contributed by atoms with Crippen molar-refractivity contribution in [3.05, 3.63) is 48.0 Å². The summed E-state index contributed by atoms with van der Waals surface area (Å²) in [6.45, 7) is 3.93. The molecule has 5 heteroatoms. The highest BCUT2D eigenvalue weighted by molar-refractivity contribution is 5.98. The van der Waals surface area contributed by atoms with Gasteiger partial charge in [-0.15, -0.1) is 0 Å². The number of hydrogen-bond donors (Lipinski definition) is 0. The van der Waals surface area contributed by atoms with Crippen LogP contribution in [0.5, 0.6) is 0 Å². The third kappa shape index (κ3) is 3.44. The van der Waals surface area contributed by atoms with Crippen LogP contribution in [0, 0.1) is 5.92 Å². The van der Waals surface area contributed by atoms with Crippen molar-refractivity contribution in [2.45, 2.75) is 12.8 Å². The van der Waals surface area contributed by atoms with Crippen LogP contribution in [0.25, 0.3) is 10.8 Å². The Labute approximate surface area is 153 Å². The van der Waals surface area contributed by atoms with Crippen molar-refractivity contribution in [1.82, 2.24) is 9.80 Å². The Hall–Kier alpha value is -2.40. The Bertz CT molecular complexity index is 806. The number of hydrogen-bond acceptors (Lipinski definition) is 3. The zero-order valence-electron chi connectivity index (χ0n) is 14.9. The Balaban J connectivity index is 1.39. The van der Waals surface area contributed by atoms with E-state index in [4.69, 9.17) is 4.74 Å². The molecule has 2 aliphatic heterocycles. The summed E-state index contributed by atoms with van der Waals surface area (Å²) in [7, 11) is 0. The molecular weight excluding hydrogens is 328 g/mol. The van der Waals surface area contributed by atoms with Crippen LogP contribution < -0.4 is 0 Å². The van der Waals surface area contributed by atoms with Gasteiger partial charge in [-0.3, -0.25) is 9.59 Å². The number of amides is 2. The van der Waals surface area contributed by atoms with E-state index in [2.05, 4.69) is 0 Å². The molecule has 0 saturated carbocycles. The van der Waals surface area contributed by atoms with Gasteiger partial charge in [0.1, 0.15) is 0 Å². The van der Waals surface area contributed by atoms with Crippen molar-refractivity contribution in [3.8, 4) is 0 Å². The van der Waals surface area contributed by atoms with Gasteiger partial charge in [0.05, 0.1) is 13.2 Å². The maximum Gasteiger partial charge on any atom is 0.253 e. The normalized spacial score (nSPS) is 18.9. The molecule has 136 valence electrons. The molecule has 0 aromatic heterocycles. The zero-order chi connectivity index (χ0) is 17.9. The van der Waals surface area contributed by atoms with Crippen LogP contribution >= 0.6 is 0 Å². The van der Waals surface area contributed by atoms with Crippen molar-refractivity contribution < 1.29 is 14.3 Å². The molecule has 2 saturated heterocycles. The smallest absolute Gasteiger partial charge is 0.253 e. The second-order valence-electron chi connectivity index (χ2n) is 7.07. The van der Waals surface area contributed by atoms with Gasteiger partial charge in [0, 0.05) is 37.7 Å². The molecule has 0 unspecified atom stereocenters. The summed E-state index contributed by atoms with van der Waals surface area (Å²) < 4.78 is 5.32. The standard InChI is InChI=1S/C21H24N2O3/c24-20(23-11-13-26-14-12-23)17-7-9-22(10-8-17)21(25)19-6-5-16-3-1-2-4-18(16)15-19/h1-6,15,17H,7-14H2. The fourth-order valence-electron chi connectivity index (χ4n) is 3.88. The van der Waals surface area contributed by atoms with Crippen molar-refractivity contribution in [1.29, 1.82) is 0 Å². The van der Waals surface area contributed by atoms with E-state index >= 15 is 0 Å². The molecular formula is C21H24N2O3. The summed E-state index contributed by atoms with van der Waals surface area (Å²) in [6.07, 6.45) is 1.49. The lowest BCUT2D eigenvalue weighted by Crippen LogP contribution is -2.47. The average Bonchev–Trinajstić information content (AvgIpc) is 2.73. The number of morpholine rings is 1. The lowest BCUT2D eigenvalue weighted by Gasteiger charge is -2.35. The summed E-state index contributed by atoms with van der Waals surface area (Å²) in [5.41, 5.74) is 0.724. The van der Waals surface area contributed by atoms with Crippen LogP contribution in [0.15, 0.2) is 42.5 Å². The van der Waals surface area contributed by atoms with Gasteiger partial charge in [-0.05, 0) is 35.7 Å². The molecule has 5 nitrogen and oxygen atoms in total. The average molecular weight is 352 g/mol. The van der Waals surface area contributed by atoms with E-state index in [-0.39, 0.29) is 17.7 Å². The molecule has 0 aliphatic carbocycles. The second-order valence-corrected chi connectivity index (χ2v) is 7.07. The quantitative estimate of drug-likeness (QED) is 0.835. The second kappa shape index (κ2) is 7.46. The molecule has 2 aromatic rings. The van der Waals surface area contributed by atoms with E-state index in [1.54, 1.807) is 0 Å². The minimum Gasteiger partial charge on any atom is -0.378 e. The van der Waals surface area contributed by atoms with Gasteiger partial charge in [0.15, 0.2) is 0 Å². The first kappa shape index (κ1) is 17.0. The van der Waals surface area contributed by atoms with Gasteiger partial charge in [-0.2, -0.15) is 0 Å². The highest BCUT2D eigenvalue weighted by Gasteiger charge is 2.31. The highest BCUT2D eigenvalue weighted by atomic mass is 16.5. The van der Waals surface area contributed by atoms with Gasteiger partial charge in [-0.25, -0.2) is 0 Å². The Kier molecular flexibility index (Phi) is 4.89. The number of fused-ring (bicyclic) bond motifs is 1. The summed E-state index contributed by atoms with van der Waals surface area (Å²) in [5, 5.41) is 2.22. The topological polar surface area (TPSA) is 49.9 Å². The van der Waals surface area contributed by atoms with Crippen LogP contribution in [0.4, 0.5) is 0 Å². The summed E-state index contributed by atoms with van der Waals surface area (Å²) in [4.78, 5) is 29.2. The van der Waals surface area contributed by atoms with Gasteiger partial charge in [-0.1, -0.05) is 30.3 Å². The van der Waals surface area contributed by atoms with Crippen LogP contribution in [0.2, 0.25) is 0 Å². The van der Waals surface area contributed by atoms with E-state index in [1.165, 1.54) is 0 Å². The van der Waals surface area contributed by atoms with Crippen LogP contribution in [0.3, 0.4) is 0 Å². The number of piperidine rings is 1. The molecule has 26 heavy (non-hydrogen) atoms. The van der Waals surface area contributed by atoms with E-state index in [9.17, 15) is 9.59 Å².